The zero-order chi connectivity index (χ0) is 13.4. The molecule has 0 bridgehead atoms. The van der Waals surface area contributed by atoms with E-state index in [1.165, 1.54) is 4.52 Å². The molecule has 0 unspecified atom stereocenters. The molecule has 96 valence electrons. The molecule has 3 aromatic rings. The fourth-order valence-electron chi connectivity index (χ4n) is 1.98. The van der Waals surface area contributed by atoms with Gasteiger partial charge in [-0.3, -0.25) is 4.79 Å². The van der Waals surface area contributed by atoms with Crippen LogP contribution in [0.2, 0.25) is 0 Å². The molecular weight excluding hydrogens is 244 g/mol. The summed E-state index contributed by atoms with van der Waals surface area (Å²) in [4.78, 5) is 16.1. The molecule has 0 radical (unpaired) electrons. The van der Waals surface area contributed by atoms with Gasteiger partial charge in [0.05, 0.1) is 5.52 Å². The number of amides is 1. The Bertz CT molecular complexity index is 778. The summed E-state index contributed by atoms with van der Waals surface area (Å²) in [6.07, 6.45) is 0. The molecule has 0 spiro atoms. The van der Waals surface area contributed by atoms with E-state index in [1.807, 2.05) is 31.2 Å². The van der Waals surface area contributed by atoms with E-state index >= 15 is 0 Å². The standard InChI is InChI=1S/C12H12N6O/c1-2-14-12(19)9-11-15-10(13)7-5-3-4-6-8(7)18(11)17-16-9/h3-6H,2H2,1H3,(H2,13,15)(H,14,19). The van der Waals surface area contributed by atoms with E-state index in [9.17, 15) is 4.79 Å². The molecular formula is C12H12N6O. The van der Waals surface area contributed by atoms with Crippen molar-refractivity contribution in [3.05, 3.63) is 30.0 Å². The van der Waals surface area contributed by atoms with Crippen molar-refractivity contribution in [2.45, 2.75) is 6.92 Å². The highest BCUT2D eigenvalue weighted by Gasteiger charge is 2.18. The molecule has 19 heavy (non-hydrogen) atoms. The lowest BCUT2D eigenvalue weighted by atomic mass is 10.2. The first-order chi connectivity index (χ1) is 9.22. The quantitative estimate of drug-likeness (QED) is 0.700. The summed E-state index contributed by atoms with van der Waals surface area (Å²) in [5.41, 5.74) is 7.23. The number of carbonyl (C=O) groups excluding carboxylic acids is 1. The van der Waals surface area contributed by atoms with Gasteiger partial charge in [-0.25, -0.2) is 4.98 Å². The summed E-state index contributed by atoms with van der Waals surface area (Å²) < 4.78 is 1.52. The summed E-state index contributed by atoms with van der Waals surface area (Å²) in [5.74, 6) is 0.0515. The van der Waals surface area contributed by atoms with Crippen molar-refractivity contribution in [2.24, 2.45) is 0 Å². The van der Waals surface area contributed by atoms with Gasteiger partial charge in [-0.1, -0.05) is 17.3 Å². The van der Waals surface area contributed by atoms with Crippen LogP contribution in [0, 0.1) is 0 Å². The molecule has 0 saturated heterocycles. The number of nitrogens with one attached hydrogen (secondary N) is 1. The summed E-state index contributed by atoms with van der Waals surface area (Å²) in [5, 5.41) is 11.3. The van der Waals surface area contributed by atoms with Gasteiger partial charge in [0.25, 0.3) is 5.91 Å². The largest absolute Gasteiger partial charge is 0.383 e. The van der Waals surface area contributed by atoms with Crippen LogP contribution in [-0.2, 0) is 0 Å². The summed E-state index contributed by atoms with van der Waals surface area (Å²) in [6.45, 7) is 2.35. The monoisotopic (exact) mass is 256 g/mol. The van der Waals surface area contributed by atoms with Crippen molar-refractivity contribution in [1.29, 1.82) is 0 Å². The van der Waals surface area contributed by atoms with Crippen molar-refractivity contribution in [3.8, 4) is 0 Å². The van der Waals surface area contributed by atoms with Gasteiger partial charge >= 0.3 is 0 Å². The van der Waals surface area contributed by atoms with Crippen molar-refractivity contribution in [2.75, 3.05) is 12.3 Å². The van der Waals surface area contributed by atoms with Gasteiger partial charge in [-0.15, -0.1) is 5.10 Å². The summed E-state index contributed by atoms with van der Waals surface area (Å²) >= 11 is 0. The topological polar surface area (TPSA) is 98.2 Å². The molecule has 7 nitrogen and oxygen atoms in total. The zero-order valence-corrected chi connectivity index (χ0v) is 10.3. The molecule has 0 saturated carbocycles. The van der Waals surface area contributed by atoms with Crippen LogP contribution in [0.3, 0.4) is 0 Å². The number of carbonyl (C=O) groups is 1. The van der Waals surface area contributed by atoms with Gasteiger partial charge in [-0.2, -0.15) is 4.52 Å². The molecule has 0 fully saturated rings. The number of rotatable bonds is 2. The molecule has 2 heterocycles. The third kappa shape index (κ3) is 1.67. The highest BCUT2D eigenvalue weighted by Crippen LogP contribution is 2.21. The maximum atomic E-state index is 11.9. The number of hydrogen-bond acceptors (Lipinski definition) is 5. The Morgan fingerprint density at radius 2 is 2.21 bits per heavy atom. The van der Waals surface area contributed by atoms with Crippen molar-refractivity contribution in [3.63, 3.8) is 0 Å². The number of nitrogen functional groups attached to an aromatic ring is 1. The molecule has 0 aliphatic heterocycles. The lowest BCUT2D eigenvalue weighted by Gasteiger charge is -2.03. The molecule has 1 aromatic carbocycles. The number of aromatic nitrogens is 4. The number of nitrogens with zero attached hydrogens (tertiary/aromatic N) is 4. The third-order valence-corrected chi connectivity index (χ3v) is 2.83. The first-order valence-electron chi connectivity index (χ1n) is 5.90. The average molecular weight is 256 g/mol. The fraction of sp³-hybridized carbons (Fsp3) is 0.167. The van der Waals surface area contributed by atoms with Crippen molar-refractivity contribution in [1.82, 2.24) is 25.1 Å². The molecule has 0 aliphatic rings. The number of anilines is 1. The van der Waals surface area contributed by atoms with Crippen LogP contribution >= 0.6 is 0 Å². The second-order valence-corrected chi connectivity index (χ2v) is 4.05. The summed E-state index contributed by atoms with van der Waals surface area (Å²) in [6, 6.07) is 7.45. The predicted octanol–water partition coefficient (Wildman–Crippen LogP) is 0.609. The zero-order valence-electron chi connectivity index (χ0n) is 10.3. The Morgan fingerprint density at radius 3 is 3.00 bits per heavy atom. The summed E-state index contributed by atoms with van der Waals surface area (Å²) in [7, 11) is 0. The third-order valence-electron chi connectivity index (χ3n) is 2.83. The van der Waals surface area contributed by atoms with Crippen LogP contribution in [0.25, 0.3) is 16.6 Å². The highest BCUT2D eigenvalue weighted by molar-refractivity contribution is 6.00. The minimum Gasteiger partial charge on any atom is -0.383 e. The lowest BCUT2D eigenvalue weighted by molar-refractivity contribution is 0.0952. The molecule has 0 aliphatic carbocycles. The molecule has 2 aromatic heterocycles. The van der Waals surface area contributed by atoms with Gasteiger partial charge in [0.1, 0.15) is 5.82 Å². The van der Waals surface area contributed by atoms with Gasteiger partial charge < -0.3 is 11.1 Å². The minimum absolute atomic E-state index is 0.180. The lowest BCUT2D eigenvalue weighted by Crippen LogP contribution is -2.23. The van der Waals surface area contributed by atoms with Crippen LogP contribution in [-0.4, -0.2) is 32.3 Å². The van der Waals surface area contributed by atoms with E-state index in [1.54, 1.807) is 0 Å². The van der Waals surface area contributed by atoms with E-state index in [-0.39, 0.29) is 11.6 Å². The normalized spacial score (nSPS) is 11.0. The number of fused-ring (bicyclic) bond motifs is 3. The Hall–Kier alpha value is -2.70. The van der Waals surface area contributed by atoms with Crippen LogP contribution in [0.5, 0.6) is 0 Å². The Labute approximate surface area is 108 Å². The highest BCUT2D eigenvalue weighted by atomic mass is 16.2. The second-order valence-electron chi connectivity index (χ2n) is 4.05. The smallest absolute Gasteiger partial charge is 0.275 e. The maximum absolute atomic E-state index is 11.9. The first-order valence-corrected chi connectivity index (χ1v) is 5.90. The molecule has 3 rings (SSSR count). The van der Waals surface area contributed by atoms with E-state index in [0.717, 1.165) is 10.9 Å². The number of hydrogen-bond donors (Lipinski definition) is 2. The SMILES string of the molecule is CCNC(=O)c1nnn2c1nc(N)c1ccccc12. The predicted molar refractivity (Wildman–Crippen MR) is 70.7 cm³/mol. The van der Waals surface area contributed by atoms with Gasteiger partial charge in [0.2, 0.25) is 0 Å². The van der Waals surface area contributed by atoms with Gasteiger partial charge in [0.15, 0.2) is 11.3 Å². The Morgan fingerprint density at radius 1 is 1.42 bits per heavy atom. The van der Waals surface area contributed by atoms with Crippen LogP contribution < -0.4 is 11.1 Å². The van der Waals surface area contributed by atoms with E-state index in [2.05, 4.69) is 20.6 Å². The van der Waals surface area contributed by atoms with Crippen molar-refractivity contribution >= 4 is 28.3 Å². The fourth-order valence-corrected chi connectivity index (χ4v) is 1.98. The van der Waals surface area contributed by atoms with E-state index in [0.29, 0.717) is 18.0 Å². The first kappa shape index (κ1) is 11.4. The number of nitrogens with two attached hydrogens (primary N) is 1. The molecule has 3 N–H and O–H groups in total. The van der Waals surface area contributed by atoms with Crippen molar-refractivity contribution < 1.29 is 4.79 Å². The average Bonchev–Trinajstić information content (AvgIpc) is 2.83. The minimum atomic E-state index is -0.306. The number of benzene rings is 1. The van der Waals surface area contributed by atoms with Crippen LogP contribution in [0.1, 0.15) is 17.4 Å². The van der Waals surface area contributed by atoms with Gasteiger partial charge in [-0.05, 0) is 19.1 Å². The molecule has 0 atom stereocenters. The molecule has 1 amide bonds. The van der Waals surface area contributed by atoms with Crippen LogP contribution in [0.15, 0.2) is 24.3 Å². The van der Waals surface area contributed by atoms with Crippen LogP contribution in [0.4, 0.5) is 5.82 Å². The number of para-hydroxylation sites is 1. The maximum Gasteiger partial charge on any atom is 0.275 e. The Kier molecular flexibility index (Phi) is 2.52. The molecule has 7 heteroatoms. The van der Waals surface area contributed by atoms with Gasteiger partial charge in [0, 0.05) is 11.9 Å². The van der Waals surface area contributed by atoms with E-state index < -0.39 is 0 Å². The van der Waals surface area contributed by atoms with E-state index in [4.69, 9.17) is 5.73 Å². The second kappa shape index (κ2) is 4.20. The Balaban J connectivity index is 2.33.